The lowest BCUT2D eigenvalue weighted by Crippen LogP contribution is -2.43. The summed E-state index contributed by atoms with van der Waals surface area (Å²) in [6.07, 6.45) is 4.40. The molecule has 34 heavy (non-hydrogen) atoms. The van der Waals surface area contributed by atoms with Gasteiger partial charge in [0.05, 0.1) is 5.56 Å². The number of rotatable bonds is 5. The molecule has 1 aliphatic rings. The van der Waals surface area contributed by atoms with E-state index in [0.717, 1.165) is 5.56 Å². The Labute approximate surface area is 196 Å². The fourth-order valence-electron chi connectivity index (χ4n) is 3.96. The standard InChI is InChI=1S/C22H28N8O4/c1-6-29-18(13-8-23-12(2)24-9-13)28-16-17(25-11-26-19(16)29)27-14-7-15(20(31)32)30(10-14)21(33)34-22(3,4)5/h8-9,11,14-15H,6-7,10H2,1-5H3,(H,31,32)(H,25,26,27)/t14-,15+/m0/s1. The number of carboxylic acids is 1. The number of carbonyl (C=O) groups excluding carboxylic acids is 1. The number of ether oxygens (including phenoxy) is 1. The molecular weight excluding hydrogens is 440 g/mol. The third kappa shape index (κ3) is 4.61. The number of aliphatic carboxylic acids is 1. The van der Waals surface area contributed by atoms with Crippen molar-refractivity contribution >= 4 is 29.0 Å². The van der Waals surface area contributed by atoms with Gasteiger partial charge in [0.2, 0.25) is 0 Å². The van der Waals surface area contributed by atoms with Crippen molar-refractivity contribution in [3.05, 3.63) is 24.5 Å². The summed E-state index contributed by atoms with van der Waals surface area (Å²) in [7, 11) is 0. The summed E-state index contributed by atoms with van der Waals surface area (Å²) in [4.78, 5) is 47.7. The summed E-state index contributed by atoms with van der Waals surface area (Å²) in [5, 5.41) is 12.9. The van der Waals surface area contributed by atoms with E-state index in [0.29, 0.717) is 35.2 Å². The van der Waals surface area contributed by atoms with E-state index in [1.807, 2.05) is 18.4 Å². The molecule has 0 saturated carbocycles. The maximum Gasteiger partial charge on any atom is 0.411 e. The van der Waals surface area contributed by atoms with Gasteiger partial charge in [-0.3, -0.25) is 4.90 Å². The fourth-order valence-corrected chi connectivity index (χ4v) is 3.96. The topological polar surface area (TPSA) is 148 Å². The molecule has 0 spiro atoms. The Balaban J connectivity index is 1.64. The zero-order chi connectivity index (χ0) is 24.6. The molecule has 180 valence electrons. The van der Waals surface area contributed by atoms with Crippen molar-refractivity contribution < 1.29 is 19.4 Å². The van der Waals surface area contributed by atoms with Crippen molar-refractivity contribution in [2.24, 2.45) is 0 Å². The third-order valence-electron chi connectivity index (χ3n) is 5.44. The second-order valence-corrected chi connectivity index (χ2v) is 9.16. The third-order valence-corrected chi connectivity index (χ3v) is 5.44. The molecule has 4 rings (SSSR count). The van der Waals surface area contributed by atoms with Gasteiger partial charge in [0.1, 0.15) is 29.6 Å². The van der Waals surface area contributed by atoms with E-state index < -0.39 is 23.7 Å². The van der Waals surface area contributed by atoms with Gasteiger partial charge in [-0.05, 0) is 34.6 Å². The van der Waals surface area contributed by atoms with Crippen LogP contribution in [0.3, 0.4) is 0 Å². The minimum absolute atomic E-state index is 0.157. The van der Waals surface area contributed by atoms with Gasteiger partial charge in [0.25, 0.3) is 0 Å². The number of carbonyl (C=O) groups is 2. The summed E-state index contributed by atoms with van der Waals surface area (Å²) in [6, 6.07) is -1.36. The van der Waals surface area contributed by atoms with Crippen molar-refractivity contribution in [3.63, 3.8) is 0 Å². The highest BCUT2D eigenvalue weighted by Gasteiger charge is 2.42. The van der Waals surface area contributed by atoms with Crippen LogP contribution in [0, 0.1) is 6.92 Å². The minimum atomic E-state index is -1.08. The number of anilines is 1. The van der Waals surface area contributed by atoms with E-state index in [-0.39, 0.29) is 19.0 Å². The molecule has 12 heteroatoms. The second kappa shape index (κ2) is 8.84. The maximum absolute atomic E-state index is 12.6. The average Bonchev–Trinajstić information content (AvgIpc) is 3.35. The predicted octanol–water partition coefficient (Wildman–Crippen LogP) is 2.49. The van der Waals surface area contributed by atoms with Crippen LogP contribution >= 0.6 is 0 Å². The van der Waals surface area contributed by atoms with Gasteiger partial charge in [-0.1, -0.05) is 0 Å². The van der Waals surface area contributed by atoms with Gasteiger partial charge < -0.3 is 19.7 Å². The predicted molar refractivity (Wildman–Crippen MR) is 123 cm³/mol. The Bertz CT molecular complexity index is 1220. The number of carboxylic acid groups (broad SMARTS) is 1. The molecule has 3 aromatic rings. The van der Waals surface area contributed by atoms with E-state index in [2.05, 4.69) is 25.3 Å². The first kappa shape index (κ1) is 23.3. The van der Waals surface area contributed by atoms with E-state index in [1.54, 1.807) is 33.2 Å². The molecule has 1 saturated heterocycles. The Hall–Kier alpha value is -3.83. The number of fused-ring (bicyclic) bond motifs is 1. The number of imidazole rings is 1. The normalized spacial score (nSPS) is 18.3. The number of nitrogens with zero attached hydrogens (tertiary/aromatic N) is 7. The summed E-state index contributed by atoms with van der Waals surface area (Å²) < 4.78 is 7.35. The Kier molecular flexibility index (Phi) is 6.07. The molecule has 0 radical (unpaired) electrons. The van der Waals surface area contributed by atoms with Crippen LogP contribution in [0.1, 0.15) is 39.9 Å². The summed E-state index contributed by atoms with van der Waals surface area (Å²) in [6.45, 7) is 9.80. The quantitative estimate of drug-likeness (QED) is 0.572. The van der Waals surface area contributed by atoms with Crippen LogP contribution < -0.4 is 5.32 Å². The number of hydrogen-bond donors (Lipinski definition) is 2. The summed E-state index contributed by atoms with van der Waals surface area (Å²) in [5.74, 6) is 0.701. The number of aryl methyl sites for hydroxylation is 2. The monoisotopic (exact) mass is 468 g/mol. The van der Waals surface area contributed by atoms with Crippen LogP contribution in [-0.2, 0) is 16.1 Å². The SMILES string of the molecule is CCn1c(-c2cnc(C)nc2)nc2c(N[C@H]3C[C@H](C(=O)O)N(C(=O)OC(C)(C)C)C3)ncnc21. The van der Waals surface area contributed by atoms with Crippen LogP contribution in [0.15, 0.2) is 18.7 Å². The largest absolute Gasteiger partial charge is 0.480 e. The summed E-state index contributed by atoms with van der Waals surface area (Å²) >= 11 is 0. The first-order chi connectivity index (χ1) is 16.1. The number of amides is 1. The van der Waals surface area contributed by atoms with Gasteiger partial charge in [0.15, 0.2) is 17.0 Å². The molecule has 0 bridgehead atoms. The highest BCUT2D eigenvalue weighted by atomic mass is 16.6. The molecule has 3 aromatic heterocycles. The van der Waals surface area contributed by atoms with E-state index in [4.69, 9.17) is 9.72 Å². The van der Waals surface area contributed by atoms with Crippen LogP contribution in [0.5, 0.6) is 0 Å². The van der Waals surface area contributed by atoms with Crippen LogP contribution in [0.2, 0.25) is 0 Å². The Morgan fingerprint density at radius 2 is 1.91 bits per heavy atom. The van der Waals surface area contributed by atoms with Gasteiger partial charge in [-0.25, -0.2) is 34.5 Å². The lowest BCUT2D eigenvalue weighted by molar-refractivity contribution is -0.142. The second-order valence-electron chi connectivity index (χ2n) is 9.16. The van der Waals surface area contributed by atoms with Gasteiger partial charge in [0, 0.05) is 37.9 Å². The maximum atomic E-state index is 12.6. The molecular formula is C22H28N8O4. The first-order valence-corrected chi connectivity index (χ1v) is 11.1. The van der Waals surface area contributed by atoms with Crippen molar-refractivity contribution in [3.8, 4) is 11.4 Å². The molecule has 0 aromatic carbocycles. The lowest BCUT2D eigenvalue weighted by atomic mass is 10.1. The molecule has 2 N–H and O–H groups in total. The van der Waals surface area contributed by atoms with E-state index in [9.17, 15) is 14.7 Å². The van der Waals surface area contributed by atoms with Crippen molar-refractivity contribution in [2.75, 3.05) is 11.9 Å². The van der Waals surface area contributed by atoms with E-state index >= 15 is 0 Å². The fraction of sp³-hybridized carbons (Fsp3) is 0.500. The van der Waals surface area contributed by atoms with Crippen molar-refractivity contribution in [2.45, 2.75) is 65.3 Å². The zero-order valence-electron chi connectivity index (χ0n) is 19.8. The number of aromatic nitrogens is 6. The van der Waals surface area contributed by atoms with Gasteiger partial charge >= 0.3 is 12.1 Å². The molecule has 2 atom stereocenters. The summed E-state index contributed by atoms with van der Waals surface area (Å²) in [5.41, 5.74) is 1.20. The molecule has 0 aliphatic carbocycles. The van der Waals surface area contributed by atoms with E-state index in [1.165, 1.54) is 11.2 Å². The average molecular weight is 469 g/mol. The highest BCUT2D eigenvalue weighted by molar-refractivity contribution is 5.87. The Morgan fingerprint density at radius 3 is 2.53 bits per heavy atom. The first-order valence-electron chi connectivity index (χ1n) is 11.1. The molecule has 4 heterocycles. The molecule has 1 fully saturated rings. The van der Waals surface area contributed by atoms with Gasteiger partial charge in [-0.15, -0.1) is 0 Å². The van der Waals surface area contributed by atoms with Crippen molar-refractivity contribution in [1.29, 1.82) is 0 Å². The molecule has 1 amide bonds. The number of hydrogen-bond acceptors (Lipinski definition) is 9. The minimum Gasteiger partial charge on any atom is -0.480 e. The molecule has 12 nitrogen and oxygen atoms in total. The lowest BCUT2D eigenvalue weighted by Gasteiger charge is -2.26. The van der Waals surface area contributed by atoms with Gasteiger partial charge in [-0.2, -0.15) is 0 Å². The Morgan fingerprint density at radius 1 is 1.21 bits per heavy atom. The van der Waals surface area contributed by atoms with Crippen LogP contribution in [0.4, 0.5) is 10.6 Å². The highest BCUT2D eigenvalue weighted by Crippen LogP contribution is 2.29. The molecule has 1 aliphatic heterocycles. The van der Waals surface area contributed by atoms with Crippen LogP contribution in [0.25, 0.3) is 22.6 Å². The van der Waals surface area contributed by atoms with Crippen LogP contribution in [-0.4, -0.2) is 75.8 Å². The van der Waals surface area contributed by atoms with Crippen molar-refractivity contribution in [1.82, 2.24) is 34.4 Å². The number of nitrogens with one attached hydrogen (secondary N) is 1. The molecule has 0 unspecified atom stereocenters. The smallest absolute Gasteiger partial charge is 0.411 e. The number of likely N-dealkylation sites (tertiary alicyclic amines) is 1. The zero-order valence-corrected chi connectivity index (χ0v) is 19.8.